The van der Waals surface area contributed by atoms with Crippen LogP contribution in [0.15, 0.2) is 53.7 Å². The molecule has 0 fully saturated rings. The van der Waals surface area contributed by atoms with E-state index in [2.05, 4.69) is 21.6 Å². The Kier molecular flexibility index (Phi) is 7.55. The van der Waals surface area contributed by atoms with Crippen LogP contribution in [0.1, 0.15) is 38.3 Å². The summed E-state index contributed by atoms with van der Waals surface area (Å²) in [6, 6.07) is 16.0. The number of anilines is 1. The summed E-state index contributed by atoms with van der Waals surface area (Å²) in [5, 5.41) is 21.0. The maximum atomic E-state index is 12.6. The van der Waals surface area contributed by atoms with Gasteiger partial charge in [0.15, 0.2) is 17.1 Å². The van der Waals surface area contributed by atoms with Crippen LogP contribution in [-0.2, 0) is 11.3 Å². The molecule has 2 unspecified atom stereocenters. The number of benzene rings is 2. The summed E-state index contributed by atoms with van der Waals surface area (Å²) >= 11 is 7.51. The van der Waals surface area contributed by atoms with E-state index in [4.69, 9.17) is 21.6 Å². The standard InChI is InChI=1S/C22H22ClN5O2S/c1-4-28-20(14(2)30-19-8-6-5-7-18(19)23)26-27-22(28)31-15(3)21(29)25-17-11-9-16(13-24)10-12-17/h5-12,14-15H,4H2,1-3H3,(H,25,29). The highest BCUT2D eigenvalue weighted by Crippen LogP contribution is 2.30. The summed E-state index contributed by atoms with van der Waals surface area (Å²) in [5.41, 5.74) is 1.17. The summed E-state index contributed by atoms with van der Waals surface area (Å²) in [6.07, 6.45) is -0.371. The Morgan fingerprint density at radius 1 is 1.23 bits per heavy atom. The smallest absolute Gasteiger partial charge is 0.237 e. The van der Waals surface area contributed by atoms with Crippen molar-refractivity contribution in [3.63, 3.8) is 0 Å². The van der Waals surface area contributed by atoms with Crippen LogP contribution < -0.4 is 10.1 Å². The molecule has 0 radical (unpaired) electrons. The summed E-state index contributed by atoms with van der Waals surface area (Å²) < 4.78 is 7.90. The molecule has 9 heteroatoms. The van der Waals surface area contributed by atoms with Crippen molar-refractivity contribution >= 4 is 35.0 Å². The quantitative estimate of drug-likeness (QED) is 0.476. The normalized spacial score (nSPS) is 12.6. The maximum Gasteiger partial charge on any atom is 0.237 e. The Morgan fingerprint density at radius 2 is 1.94 bits per heavy atom. The molecule has 7 nitrogen and oxygen atoms in total. The number of amides is 1. The second-order valence-corrected chi connectivity index (χ2v) is 8.43. The van der Waals surface area contributed by atoms with Gasteiger partial charge in [0.05, 0.1) is 21.9 Å². The molecule has 3 aromatic rings. The van der Waals surface area contributed by atoms with Crippen molar-refractivity contribution in [2.24, 2.45) is 0 Å². The zero-order chi connectivity index (χ0) is 22.4. The maximum absolute atomic E-state index is 12.6. The molecule has 1 N–H and O–H groups in total. The van der Waals surface area contributed by atoms with Crippen molar-refractivity contribution < 1.29 is 9.53 Å². The molecule has 1 amide bonds. The molecule has 31 heavy (non-hydrogen) atoms. The van der Waals surface area contributed by atoms with Gasteiger partial charge in [-0.2, -0.15) is 5.26 Å². The number of hydrogen-bond acceptors (Lipinski definition) is 6. The molecule has 3 rings (SSSR count). The Labute approximate surface area is 190 Å². The molecule has 0 aliphatic carbocycles. The lowest BCUT2D eigenvalue weighted by molar-refractivity contribution is -0.115. The first-order valence-electron chi connectivity index (χ1n) is 9.74. The molecule has 160 valence electrons. The first kappa shape index (κ1) is 22.7. The molecule has 1 aromatic heterocycles. The lowest BCUT2D eigenvalue weighted by Gasteiger charge is -2.17. The number of thioether (sulfide) groups is 1. The van der Waals surface area contributed by atoms with Crippen LogP contribution in [0.25, 0.3) is 0 Å². The van der Waals surface area contributed by atoms with E-state index in [1.165, 1.54) is 11.8 Å². The van der Waals surface area contributed by atoms with E-state index in [-0.39, 0.29) is 12.0 Å². The van der Waals surface area contributed by atoms with Crippen LogP contribution in [0.4, 0.5) is 5.69 Å². The number of carbonyl (C=O) groups excluding carboxylic acids is 1. The average molecular weight is 456 g/mol. The molecule has 2 aromatic carbocycles. The van der Waals surface area contributed by atoms with E-state index in [0.717, 1.165) is 0 Å². The van der Waals surface area contributed by atoms with Crippen molar-refractivity contribution in [2.45, 2.75) is 43.8 Å². The van der Waals surface area contributed by atoms with Crippen molar-refractivity contribution in [1.29, 1.82) is 5.26 Å². The third-order valence-corrected chi connectivity index (χ3v) is 5.89. The minimum atomic E-state index is -0.405. The largest absolute Gasteiger partial charge is 0.481 e. The monoisotopic (exact) mass is 455 g/mol. The first-order valence-corrected chi connectivity index (χ1v) is 11.0. The topological polar surface area (TPSA) is 92.8 Å². The molecule has 0 bridgehead atoms. The van der Waals surface area contributed by atoms with Crippen LogP contribution >= 0.6 is 23.4 Å². The lowest BCUT2D eigenvalue weighted by Crippen LogP contribution is -2.23. The van der Waals surface area contributed by atoms with E-state index in [1.807, 2.05) is 37.5 Å². The van der Waals surface area contributed by atoms with E-state index in [1.54, 1.807) is 36.4 Å². The molecule has 0 saturated heterocycles. The number of hydrogen-bond donors (Lipinski definition) is 1. The van der Waals surface area contributed by atoms with Gasteiger partial charge in [-0.1, -0.05) is 35.5 Å². The first-order chi connectivity index (χ1) is 14.9. The van der Waals surface area contributed by atoms with Gasteiger partial charge in [0.2, 0.25) is 5.91 Å². The number of halogens is 1. The fraction of sp³-hybridized carbons (Fsp3) is 0.273. The number of nitrogens with one attached hydrogen (secondary N) is 1. The molecule has 0 aliphatic heterocycles. The summed E-state index contributed by atoms with van der Waals surface area (Å²) in [6.45, 7) is 6.31. The highest BCUT2D eigenvalue weighted by molar-refractivity contribution is 8.00. The minimum Gasteiger partial charge on any atom is -0.481 e. The Morgan fingerprint density at radius 3 is 2.58 bits per heavy atom. The summed E-state index contributed by atoms with van der Waals surface area (Å²) in [4.78, 5) is 12.6. The fourth-order valence-corrected chi connectivity index (χ4v) is 3.95. The number of para-hydroxylation sites is 1. The SMILES string of the molecule is CCn1c(SC(C)C(=O)Nc2ccc(C#N)cc2)nnc1C(C)Oc1ccccc1Cl. The van der Waals surface area contributed by atoms with E-state index in [0.29, 0.717) is 39.5 Å². The third-order valence-electron chi connectivity index (χ3n) is 4.50. The van der Waals surface area contributed by atoms with Crippen molar-refractivity contribution in [3.05, 3.63) is 64.9 Å². The lowest BCUT2D eigenvalue weighted by atomic mass is 10.2. The molecule has 1 heterocycles. The fourth-order valence-electron chi connectivity index (χ4n) is 2.85. The Balaban J connectivity index is 1.68. The second-order valence-electron chi connectivity index (χ2n) is 6.71. The van der Waals surface area contributed by atoms with Gasteiger partial charge in [-0.15, -0.1) is 10.2 Å². The average Bonchev–Trinajstić information content (AvgIpc) is 3.18. The number of aromatic nitrogens is 3. The zero-order valence-electron chi connectivity index (χ0n) is 17.4. The van der Waals surface area contributed by atoms with Crippen LogP contribution in [0.5, 0.6) is 5.75 Å². The van der Waals surface area contributed by atoms with E-state index >= 15 is 0 Å². The Bertz CT molecular complexity index is 1090. The number of rotatable bonds is 8. The third kappa shape index (κ3) is 5.57. The molecular formula is C22H22ClN5O2S. The van der Waals surface area contributed by atoms with Crippen molar-refractivity contribution in [2.75, 3.05) is 5.32 Å². The number of nitrogens with zero attached hydrogens (tertiary/aromatic N) is 4. The second kappa shape index (κ2) is 10.3. The summed E-state index contributed by atoms with van der Waals surface area (Å²) in [5.74, 6) is 1.07. The predicted octanol–water partition coefficient (Wildman–Crippen LogP) is 5.08. The number of carbonyl (C=O) groups is 1. The van der Waals surface area contributed by atoms with Crippen molar-refractivity contribution in [3.8, 4) is 11.8 Å². The van der Waals surface area contributed by atoms with Gasteiger partial charge < -0.3 is 14.6 Å². The summed E-state index contributed by atoms with van der Waals surface area (Å²) in [7, 11) is 0. The predicted molar refractivity (Wildman–Crippen MR) is 121 cm³/mol. The van der Waals surface area contributed by atoms with Gasteiger partial charge in [-0.25, -0.2) is 0 Å². The van der Waals surface area contributed by atoms with Gasteiger partial charge >= 0.3 is 0 Å². The van der Waals surface area contributed by atoms with E-state index in [9.17, 15) is 4.79 Å². The molecule has 0 spiro atoms. The van der Waals surface area contributed by atoms with Crippen molar-refractivity contribution in [1.82, 2.24) is 14.8 Å². The molecule has 2 atom stereocenters. The zero-order valence-corrected chi connectivity index (χ0v) is 18.9. The highest BCUT2D eigenvalue weighted by atomic mass is 35.5. The van der Waals surface area contributed by atoms with Crippen LogP contribution in [0, 0.1) is 11.3 Å². The highest BCUT2D eigenvalue weighted by Gasteiger charge is 2.23. The molecular weight excluding hydrogens is 434 g/mol. The number of ether oxygens (including phenoxy) is 1. The molecule has 0 aliphatic rings. The van der Waals surface area contributed by atoms with Gasteiger partial charge in [-0.3, -0.25) is 4.79 Å². The molecule has 0 saturated carbocycles. The number of nitriles is 1. The van der Waals surface area contributed by atoms with Crippen LogP contribution in [0.2, 0.25) is 5.02 Å². The van der Waals surface area contributed by atoms with Gasteiger partial charge in [0.1, 0.15) is 5.75 Å². The van der Waals surface area contributed by atoms with E-state index < -0.39 is 5.25 Å². The van der Waals surface area contributed by atoms with Gasteiger partial charge in [0, 0.05) is 12.2 Å². The van der Waals surface area contributed by atoms with Gasteiger partial charge in [0.25, 0.3) is 0 Å². The minimum absolute atomic E-state index is 0.165. The van der Waals surface area contributed by atoms with Gasteiger partial charge in [-0.05, 0) is 57.2 Å². The van der Waals surface area contributed by atoms with Crippen LogP contribution in [0.3, 0.4) is 0 Å². The Hall–Kier alpha value is -3.02. The van der Waals surface area contributed by atoms with Crippen LogP contribution in [-0.4, -0.2) is 25.9 Å².